The summed E-state index contributed by atoms with van der Waals surface area (Å²) >= 11 is 0. The van der Waals surface area contributed by atoms with Crippen LogP contribution in [-0.4, -0.2) is 72.3 Å². The van der Waals surface area contributed by atoms with Crippen molar-refractivity contribution >= 4 is 23.9 Å². The molecular formula is C21H36FN3O6. The van der Waals surface area contributed by atoms with Gasteiger partial charge in [0, 0.05) is 6.42 Å². The van der Waals surface area contributed by atoms with Crippen molar-refractivity contribution in [3.05, 3.63) is 0 Å². The van der Waals surface area contributed by atoms with Crippen LogP contribution in [0.1, 0.15) is 54.9 Å². The normalized spacial score (nSPS) is 20.9. The lowest BCUT2D eigenvalue weighted by Crippen LogP contribution is -2.58. The summed E-state index contributed by atoms with van der Waals surface area (Å²) in [7, 11) is 1.23. The Hall–Kier alpha value is -2.39. The first-order chi connectivity index (χ1) is 14.2. The molecule has 1 aliphatic heterocycles. The highest BCUT2D eigenvalue weighted by Gasteiger charge is 2.43. The van der Waals surface area contributed by atoms with Crippen LogP contribution < -0.4 is 10.6 Å². The molecule has 0 saturated carbocycles. The van der Waals surface area contributed by atoms with Crippen molar-refractivity contribution < 1.29 is 33.0 Å². The number of alkyl halides is 1. The van der Waals surface area contributed by atoms with Crippen molar-refractivity contribution in [2.24, 2.45) is 11.8 Å². The molecule has 31 heavy (non-hydrogen) atoms. The molecule has 0 bridgehead atoms. The zero-order chi connectivity index (χ0) is 24.1. The van der Waals surface area contributed by atoms with Gasteiger partial charge in [-0.25, -0.2) is 14.0 Å². The first-order valence-corrected chi connectivity index (χ1v) is 10.5. The third-order valence-electron chi connectivity index (χ3n) is 4.85. The fourth-order valence-electron chi connectivity index (χ4n) is 3.21. The Balaban J connectivity index is 2.96. The summed E-state index contributed by atoms with van der Waals surface area (Å²) in [5.41, 5.74) is -0.799. The maximum Gasteiger partial charge on any atom is 0.411 e. The second-order valence-electron chi connectivity index (χ2n) is 9.47. The van der Waals surface area contributed by atoms with Gasteiger partial charge < -0.3 is 20.1 Å². The van der Waals surface area contributed by atoms with E-state index in [4.69, 9.17) is 9.47 Å². The monoisotopic (exact) mass is 445 g/mol. The number of amides is 3. The largest absolute Gasteiger partial charge is 0.467 e. The average molecular weight is 446 g/mol. The summed E-state index contributed by atoms with van der Waals surface area (Å²) in [6, 6.07) is -2.96. The van der Waals surface area contributed by atoms with Crippen molar-refractivity contribution in [2.75, 3.05) is 13.7 Å². The van der Waals surface area contributed by atoms with E-state index in [1.165, 1.54) is 7.11 Å². The number of carbonyl (C=O) groups is 4. The van der Waals surface area contributed by atoms with Crippen LogP contribution in [0.2, 0.25) is 0 Å². The molecule has 178 valence electrons. The quantitative estimate of drug-likeness (QED) is 0.578. The number of rotatable bonds is 7. The van der Waals surface area contributed by atoms with Crippen LogP contribution in [0.15, 0.2) is 0 Å². The van der Waals surface area contributed by atoms with E-state index in [1.807, 2.05) is 0 Å². The van der Waals surface area contributed by atoms with E-state index in [2.05, 4.69) is 10.6 Å². The summed E-state index contributed by atoms with van der Waals surface area (Å²) in [6.07, 6.45) is -2.35. The van der Waals surface area contributed by atoms with Crippen molar-refractivity contribution in [3.8, 4) is 0 Å². The van der Waals surface area contributed by atoms with E-state index in [0.717, 1.165) is 4.90 Å². The zero-order valence-corrected chi connectivity index (χ0v) is 19.7. The van der Waals surface area contributed by atoms with Gasteiger partial charge in [-0.05, 0) is 32.6 Å². The van der Waals surface area contributed by atoms with Crippen molar-refractivity contribution in [2.45, 2.75) is 84.8 Å². The van der Waals surface area contributed by atoms with Gasteiger partial charge in [0.25, 0.3) is 0 Å². The average Bonchev–Trinajstić information content (AvgIpc) is 3.03. The molecule has 10 heteroatoms. The second kappa shape index (κ2) is 10.8. The predicted octanol–water partition coefficient (Wildman–Crippen LogP) is 1.79. The number of hydrogen-bond donors (Lipinski definition) is 2. The molecule has 0 aromatic carbocycles. The van der Waals surface area contributed by atoms with Gasteiger partial charge in [-0.15, -0.1) is 0 Å². The van der Waals surface area contributed by atoms with Crippen LogP contribution in [0.5, 0.6) is 0 Å². The smallest absolute Gasteiger partial charge is 0.411 e. The number of methoxy groups -OCH3 is 1. The van der Waals surface area contributed by atoms with Crippen LogP contribution in [0, 0.1) is 11.8 Å². The Bertz CT molecular complexity index is 677. The molecule has 0 aromatic rings. The lowest BCUT2D eigenvalue weighted by molar-refractivity contribution is -0.147. The first-order valence-electron chi connectivity index (χ1n) is 10.5. The molecule has 1 saturated heterocycles. The number of hydrogen-bond acceptors (Lipinski definition) is 6. The maximum atomic E-state index is 14.1. The standard InChI is InChI=1S/C21H36FN3O6/c1-11(2)15(18(27)24-16(12(3)4)19(28)30-8)23-17(26)14-9-13(22)10-25(14)20(29)31-21(5,6)7/h11-16H,9-10H2,1-8H3,(H,23,26)(H,24,27)/t13-,14+,15+,16+/m1/s1. The third kappa shape index (κ3) is 7.66. The molecule has 0 unspecified atom stereocenters. The topological polar surface area (TPSA) is 114 Å². The van der Waals surface area contributed by atoms with Gasteiger partial charge in [0.05, 0.1) is 13.7 Å². The number of likely N-dealkylation sites (tertiary alicyclic amines) is 1. The van der Waals surface area contributed by atoms with Crippen LogP contribution in [0.4, 0.5) is 9.18 Å². The van der Waals surface area contributed by atoms with E-state index in [9.17, 15) is 23.6 Å². The van der Waals surface area contributed by atoms with E-state index < -0.39 is 53.8 Å². The van der Waals surface area contributed by atoms with E-state index in [-0.39, 0.29) is 24.8 Å². The Kier molecular flexibility index (Phi) is 9.26. The van der Waals surface area contributed by atoms with Gasteiger partial charge in [-0.3, -0.25) is 14.5 Å². The van der Waals surface area contributed by atoms with E-state index >= 15 is 0 Å². The summed E-state index contributed by atoms with van der Waals surface area (Å²) in [6.45, 7) is 11.7. The highest BCUT2D eigenvalue weighted by Crippen LogP contribution is 2.24. The van der Waals surface area contributed by atoms with Gasteiger partial charge in [0.1, 0.15) is 29.9 Å². The molecule has 9 nitrogen and oxygen atoms in total. The Labute approximate surface area is 183 Å². The number of halogens is 1. The third-order valence-corrected chi connectivity index (χ3v) is 4.85. The molecule has 1 rings (SSSR count). The van der Waals surface area contributed by atoms with Gasteiger partial charge in [0.15, 0.2) is 0 Å². The molecule has 0 aromatic heterocycles. The van der Waals surface area contributed by atoms with Crippen molar-refractivity contribution in [1.82, 2.24) is 15.5 Å². The van der Waals surface area contributed by atoms with Crippen LogP contribution in [0.25, 0.3) is 0 Å². The molecule has 4 atom stereocenters. The molecule has 1 heterocycles. The maximum absolute atomic E-state index is 14.1. The summed E-state index contributed by atoms with van der Waals surface area (Å²) in [4.78, 5) is 51.2. The van der Waals surface area contributed by atoms with Gasteiger partial charge >= 0.3 is 12.1 Å². The van der Waals surface area contributed by atoms with Crippen LogP contribution in [-0.2, 0) is 23.9 Å². The zero-order valence-electron chi connectivity index (χ0n) is 19.7. The lowest BCUT2D eigenvalue weighted by Gasteiger charge is -2.30. The molecule has 3 amide bonds. The fourth-order valence-corrected chi connectivity index (χ4v) is 3.21. The highest BCUT2D eigenvalue weighted by atomic mass is 19.1. The number of carbonyl (C=O) groups excluding carboxylic acids is 4. The molecule has 0 spiro atoms. The van der Waals surface area contributed by atoms with Crippen molar-refractivity contribution in [1.29, 1.82) is 0 Å². The van der Waals surface area contributed by atoms with Crippen LogP contribution >= 0.6 is 0 Å². The number of ether oxygens (including phenoxy) is 2. The minimum absolute atomic E-state index is 0.186. The Morgan fingerprint density at radius 3 is 2.00 bits per heavy atom. The number of nitrogens with one attached hydrogen (secondary N) is 2. The predicted molar refractivity (Wildman–Crippen MR) is 112 cm³/mol. The Morgan fingerprint density at radius 2 is 1.55 bits per heavy atom. The molecular weight excluding hydrogens is 409 g/mol. The fraction of sp³-hybridized carbons (Fsp3) is 0.810. The second-order valence-corrected chi connectivity index (χ2v) is 9.47. The number of nitrogens with zero attached hydrogens (tertiary/aromatic N) is 1. The van der Waals surface area contributed by atoms with E-state index in [1.54, 1.807) is 48.5 Å². The SMILES string of the molecule is COC(=O)[C@@H](NC(=O)[C@@H](NC(=O)[C@@H]1C[C@@H](F)CN1C(=O)OC(C)(C)C)C(C)C)C(C)C. The Morgan fingerprint density at radius 1 is 1.00 bits per heavy atom. The van der Waals surface area contributed by atoms with E-state index in [0.29, 0.717) is 0 Å². The summed E-state index contributed by atoms with van der Waals surface area (Å²) in [5.74, 6) is -2.37. The minimum atomic E-state index is -1.38. The minimum Gasteiger partial charge on any atom is -0.467 e. The molecule has 0 aliphatic carbocycles. The lowest BCUT2D eigenvalue weighted by atomic mass is 9.99. The molecule has 0 radical (unpaired) electrons. The first kappa shape index (κ1) is 26.6. The molecule has 1 fully saturated rings. The highest BCUT2D eigenvalue weighted by molar-refractivity contribution is 5.93. The van der Waals surface area contributed by atoms with Crippen LogP contribution in [0.3, 0.4) is 0 Å². The molecule has 1 aliphatic rings. The molecule has 2 N–H and O–H groups in total. The summed E-state index contributed by atoms with van der Waals surface area (Å²) in [5, 5.41) is 5.22. The van der Waals surface area contributed by atoms with Gasteiger partial charge in [0.2, 0.25) is 11.8 Å². The summed E-state index contributed by atoms with van der Waals surface area (Å²) < 4.78 is 24.1. The van der Waals surface area contributed by atoms with Crippen molar-refractivity contribution in [3.63, 3.8) is 0 Å². The van der Waals surface area contributed by atoms with Gasteiger partial charge in [-0.1, -0.05) is 27.7 Å². The van der Waals surface area contributed by atoms with Gasteiger partial charge in [-0.2, -0.15) is 0 Å². The number of esters is 1.